The van der Waals surface area contributed by atoms with E-state index in [0.717, 1.165) is 24.0 Å². The van der Waals surface area contributed by atoms with Gasteiger partial charge in [0.1, 0.15) is 10.4 Å². The van der Waals surface area contributed by atoms with Gasteiger partial charge in [-0.05, 0) is 48.0 Å². The number of hydrogen-bond donors (Lipinski definition) is 1. The Morgan fingerprint density at radius 3 is 2.87 bits per heavy atom. The fourth-order valence-corrected chi connectivity index (χ4v) is 3.30. The van der Waals surface area contributed by atoms with Gasteiger partial charge >= 0.3 is 0 Å². The van der Waals surface area contributed by atoms with Crippen molar-refractivity contribution in [1.82, 2.24) is 9.55 Å². The molecule has 2 N–H and O–H groups in total. The van der Waals surface area contributed by atoms with Crippen LogP contribution in [0.15, 0.2) is 4.60 Å². The lowest BCUT2D eigenvalue weighted by Crippen LogP contribution is -2.36. The zero-order chi connectivity index (χ0) is 10.4. The highest BCUT2D eigenvalue weighted by Gasteiger charge is 2.32. The van der Waals surface area contributed by atoms with Crippen molar-refractivity contribution in [3.63, 3.8) is 0 Å². The molecule has 1 aromatic heterocycles. The van der Waals surface area contributed by atoms with E-state index in [4.69, 9.17) is 5.73 Å². The lowest BCUT2D eigenvalue weighted by atomic mass is 9.80. The van der Waals surface area contributed by atoms with Crippen LogP contribution in [0.1, 0.15) is 43.1 Å². The normalized spacial score (nSPS) is 29.7. The highest BCUT2D eigenvalue weighted by molar-refractivity contribution is 9.10. The van der Waals surface area contributed by atoms with Gasteiger partial charge < -0.3 is 10.3 Å². The summed E-state index contributed by atoms with van der Waals surface area (Å²) in [5.74, 6) is 1.89. The molecule has 2 heterocycles. The molecule has 0 radical (unpaired) electrons. The number of aromatic nitrogens is 2. The zero-order valence-corrected chi connectivity index (χ0v) is 10.3. The van der Waals surface area contributed by atoms with E-state index < -0.39 is 0 Å². The fraction of sp³-hybridized carbons (Fsp3) is 0.727. The Hall–Kier alpha value is -0.350. The third-order valence-electron chi connectivity index (χ3n) is 3.64. The van der Waals surface area contributed by atoms with E-state index >= 15 is 0 Å². The molecule has 1 saturated carbocycles. The largest absolute Gasteiger partial charge is 0.331 e. The molecule has 4 heteroatoms. The van der Waals surface area contributed by atoms with Crippen LogP contribution in [-0.4, -0.2) is 15.6 Å². The van der Waals surface area contributed by atoms with Crippen LogP contribution in [0, 0.1) is 0 Å². The predicted octanol–water partition coefficient (Wildman–Crippen LogP) is 2.19. The molecule has 1 aromatic rings. The molecule has 0 bridgehead atoms. The van der Waals surface area contributed by atoms with Crippen LogP contribution in [0.25, 0.3) is 0 Å². The van der Waals surface area contributed by atoms with E-state index in [0.29, 0.717) is 12.0 Å². The van der Waals surface area contributed by atoms with Gasteiger partial charge in [0.2, 0.25) is 0 Å². The van der Waals surface area contributed by atoms with E-state index in [2.05, 4.69) is 25.5 Å². The molecule has 82 valence electrons. The highest BCUT2D eigenvalue weighted by atomic mass is 79.9. The first-order chi connectivity index (χ1) is 7.25. The van der Waals surface area contributed by atoms with Crippen molar-refractivity contribution in [1.29, 1.82) is 0 Å². The summed E-state index contributed by atoms with van der Waals surface area (Å²) < 4.78 is 3.49. The second-order valence-corrected chi connectivity index (χ2v) is 5.50. The van der Waals surface area contributed by atoms with Crippen molar-refractivity contribution in [2.75, 3.05) is 0 Å². The quantitative estimate of drug-likeness (QED) is 0.850. The third-order valence-corrected chi connectivity index (χ3v) is 4.27. The maximum atomic E-state index is 5.84. The molecule has 1 fully saturated rings. The van der Waals surface area contributed by atoms with E-state index in [-0.39, 0.29) is 0 Å². The first kappa shape index (κ1) is 9.85. The van der Waals surface area contributed by atoms with Gasteiger partial charge in [-0.3, -0.25) is 0 Å². The van der Waals surface area contributed by atoms with Crippen molar-refractivity contribution >= 4 is 15.9 Å². The van der Waals surface area contributed by atoms with Crippen LogP contribution in [0.2, 0.25) is 0 Å². The van der Waals surface area contributed by atoms with Crippen molar-refractivity contribution in [3.8, 4) is 0 Å². The second kappa shape index (κ2) is 3.59. The first-order valence-corrected chi connectivity index (χ1v) is 6.55. The molecule has 1 aliphatic carbocycles. The van der Waals surface area contributed by atoms with E-state index in [1.54, 1.807) is 0 Å². The van der Waals surface area contributed by atoms with Crippen molar-refractivity contribution in [2.45, 2.75) is 50.6 Å². The molecule has 15 heavy (non-hydrogen) atoms. The Kier molecular flexibility index (Phi) is 2.36. The predicted molar refractivity (Wildman–Crippen MR) is 62.8 cm³/mol. The fourth-order valence-electron chi connectivity index (χ4n) is 2.71. The molecule has 0 atom stereocenters. The standard InChI is InChI=1S/C11H16BrN3/c12-10-9-3-1-2-4-15(9)11(14-10)7-5-8(13)6-7/h7-8H,1-6,13H2. The Bertz CT molecular complexity index is 379. The molecule has 3 rings (SSSR count). The number of nitrogens with two attached hydrogens (primary N) is 1. The summed E-state index contributed by atoms with van der Waals surface area (Å²) in [6.45, 7) is 1.15. The summed E-state index contributed by atoms with van der Waals surface area (Å²) in [6.07, 6.45) is 5.99. The van der Waals surface area contributed by atoms with Gasteiger partial charge in [-0.25, -0.2) is 4.98 Å². The van der Waals surface area contributed by atoms with Gasteiger partial charge in [-0.1, -0.05) is 0 Å². The van der Waals surface area contributed by atoms with Gasteiger partial charge in [0.05, 0.1) is 5.69 Å². The molecule has 0 amide bonds. The number of rotatable bonds is 1. The Morgan fingerprint density at radius 1 is 1.33 bits per heavy atom. The number of halogens is 1. The summed E-state index contributed by atoms with van der Waals surface area (Å²) in [5, 5.41) is 0. The van der Waals surface area contributed by atoms with Crippen LogP contribution in [0.4, 0.5) is 0 Å². The summed E-state index contributed by atoms with van der Waals surface area (Å²) in [4.78, 5) is 4.67. The Labute approximate surface area is 98.2 Å². The van der Waals surface area contributed by atoms with Crippen LogP contribution >= 0.6 is 15.9 Å². The highest BCUT2D eigenvalue weighted by Crippen LogP contribution is 2.38. The van der Waals surface area contributed by atoms with Gasteiger partial charge in [0.25, 0.3) is 0 Å². The minimum atomic E-state index is 0.408. The summed E-state index contributed by atoms with van der Waals surface area (Å²) in [6, 6.07) is 0.408. The molecule has 0 spiro atoms. The summed E-state index contributed by atoms with van der Waals surface area (Å²) in [7, 11) is 0. The van der Waals surface area contributed by atoms with Crippen LogP contribution in [-0.2, 0) is 13.0 Å². The summed E-state index contributed by atoms with van der Waals surface area (Å²) >= 11 is 3.58. The second-order valence-electron chi connectivity index (χ2n) is 4.74. The lowest BCUT2D eigenvalue weighted by Gasteiger charge is -2.33. The maximum Gasteiger partial charge on any atom is 0.127 e. The molecule has 1 aliphatic heterocycles. The molecule has 0 saturated heterocycles. The Balaban J connectivity index is 1.94. The smallest absolute Gasteiger partial charge is 0.127 e. The average Bonchev–Trinajstić information content (AvgIpc) is 2.52. The monoisotopic (exact) mass is 269 g/mol. The number of hydrogen-bond acceptors (Lipinski definition) is 2. The average molecular weight is 270 g/mol. The molecular weight excluding hydrogens is 254 g/mol. The molecular formula is C11H16BrN3. The molecule has 0 aromatic carbocycles. The molecule has 2 aliphatic rings. The minimum absolute atomic E-state index is 0.408. The minimum Gasteiger partial charge on any atom is -0.331 e. The SMILES string of the molecule is NC1CC(c2nc(Br)c3n2CCCC3)C1. The number of fused-ring (bicyclic) bond motifs is 1. The van der Waals surface area contributed by atoms with E-state index in [9.17, 15) is 0 Å². The molecule has 0 unspecified atom stereocenters. The van der Waals surface area contributed by atoms with Crippen LogP contribution in [0.5, 0.6) is 0 Å². The van der Waals surface area contributed by atoms with E-state index in [1.807, 2.05) is 0 Å². The van der Waals surface area contributed by atoms with Crippen molar-refractivity contribution in [2.24, 2.45) is 5.73 Å². The van der Waals surface area contributed by atoms with E-state index in [1.165, 1.54) is 30.8 Å². The van der Waals surface area contributed by atoms with Crippen molar-refractivity contribution in [3.05, 3.63) is 16.1 Å². The lowest BCUT2D eigenvalue weighted by molar-refractivity contribution is 0.324. The topological polar surface area (TPSA) is 43.8 Å². The van der Waals surface area contributed by atoms with Crippen LogP contribution < -0.4 is 5.73 Å². The van der Waals surface area contributed by atoms with Gasteiger partial charge in [0.15, 0.2) is 0 Å². The van der Waals surface area contributed by atoms with Gasteiger partial charge in [0, 0.05) is 18.5 Å². The maximum absolute atomic E-state index is 5.84. The number of imidazole rings is 1. The van der Waals surface area contributed by atoms with Crippen molar-refractivity contribution < 1.29 is 0 Å². The van der Waals surface area contributed by atoms with Gasteiger partial charge in [-0.2, -0.15) is 0 Å². The zero-order valence-electron chi connectivity index (χ0n) is 8.75. The third kappa shape index (κ3) is 1.54. The van der Waals surface area contributed by atoms with Gasteiger partial charge in [-0.15, -0.1) is 0 Å². The Morgan fingerprint density at radius 2 is 2.13 bits per heavy atom. The number of nitrogens with zero attached hydrogens (tertiary/aromatic N) is 2. The van der Waals surface area contributed by atoms with Crippen LogP contribution in [0.3, 0.4) is 0 Å². The molecule has 3 nitrogen and oxygen atoms in total. The summed E-state index contributed by atoms with van der Waals surface area (Å²) in [5.41, 5.74) is 7.24. The first-order valence-electron chi connectivity index (χ1n) is 5.76.